The van der Waals surface area contributed by atoms with Crippen LogP contribution in [0, 0.1) is 5.82 Å². The number of carbonyl (C=O) groups excluding carboxylic acids is 2. The molecule has 1 heterocycles. The third-order valence-corrected chi connectivity index (χ3v) is 5.37. The SMILES string of the molecule is CCCCN1C(=O)S/C(=C\c2ccc(OCc3ccc(F)cc3)c(Cl)c2)C1=O. The van der Waals surface area contributed by atoms with Crippen LogP contribution in [-0.4, -0.2) is 22.6 Å². The Labute approximate surface area is 172 Å². The fourth-order valence-corrected chi connectivity index (χ4v) is 3.73. The molecule has 4 nitrogen and oxygen atoms in total. The van der Waals surface area contributed by atoms with Crippen molar-refractivity contribution in [3.05, 3.63) is 69.3 Å². The van der Waals surface area contributed by atoms with Crippen molar-refractivity contribution in [1.29, 1.82) is 0 Å². The molecule has 2 amide bonds. The van der Waals surface area contributed by atoms with Crippen LogP contribution in [0.15, 0.2) is 47.4 Å². The van der Waals surface area contributed by atoms with Gasteiger partial charge in [-0.3, -0.25) is 14.5 Å². The smallest absolute Gasteiger partial charge is 0.293 e. The van der Waals surface area contributed by atoms with Crippen LogP contribution in [0.3, 0.4) is 0 Å². The second-order valence-electron chi connectivity index (χ2n) is 6.29. The van der Waals surface area contributed by atoms with Gasteiger partial charge in [0.15, 0.2) is 0 Å². The summed E-state index contributed by atoms with van der Waals surface area (Å²) < 4.78 is 18.6. The minimum Gasteiger partial charge on any atom is -0.487 e. The first-order chi connectivity index (χ1) is 13.5. The number of imide groups is 1. The third kappa shape index (κ3) is 4.94. The van der Waals surface area contributed by atoms with Crippen LogP contribution in [0.4, 0.5) is 9.18 Å². The van der Waals surface area contributed by atoms with Gasteiger partial charge in [0.25, 0.3) is 11.1 Å². The first-order valence-electron chi connectivity index (χ1n) is 8.90. The van der Waals surface area contributed by atoms with E-state index in [1.807, 2.05) is 6.92 Å². The van der Waals surface area contributed by atoms with Gasteiger partial charge in [-0.15, -0.1) is 0 Å². The number of halogens is 2. The lowest BCUT2D eigenvalue weighted by atomic mass is 10.2. The zero-order valence-corrected chi connectivity index (χ0v) is 16.9. The highest BCUT2D eigenvalue weighted by Gasteiger charge is 2.34. The maximum atomic E-state index is 12.9. The molecule has 2 aromatic carbocycles. The molecule has 0 atom stereocenters. The molecule has 7 heteroatoms. The number of rotatable bonds is 7. The number of nitrogens with zero attached hydrogens (tertiary/aromatic N) is 1. The Kier molecular flexibility index (Phi) is 6.75. The van der Waals surface area contributed by atoms with Crippen molar-refractivity contribution in [2.75, 3.05) is 6.54 Å². The maximum Gasteiger partial charge on any atom is 0.293 e. The Morgan fingerprint density at radius 3 is 2.61 bits per heavy atom. The van der Waals surface area contributed by atoms with Crippen LogP contribution in [0.2, 0.25) is 5.02 Å². The van der Waals surface area contributed by atoms with Gasteiger partial charge in [0.1, 0.15) is 18.2 Å². The second kappa shape index (κ2) is 9.26. The van der Waals surface area contributed by atoms with Gasteiger partial charge in [0, 0.05) is 6.54 Å². The molecule has 1 fully saturated rings. The number of ether oxygens (including phenoxy) is 1. The van der Waals surface area contributed by atoms with Crippen molar-refractivity contribution >= 4 is 40.6 Å². The van der Waals surface area contributed by atoms with E-state index in [0.717, 1.165) is 30.2 Å². The molecular formula is C21H19ClFNO3S. The second-order valence-corrected chi connectivity index (χ2v) is 7.69. The van der Waals surface area contributed by atoms with Crippen LogP contribution >= 0.6 is 23.4 Å². The van der Waals surface area contributed by atoms with Gasteiger partial charge in [0.05, 0.1) is 9.93 Å². The predicted molar refractivity (Wildman–Crippen MR) is 110 cm³/mol. The molecule has 0 unspecified atom stereocenters. The summed E-state index contributed by atoms with van der Waals surface area (Å²) in [5.74, 6) is -0.0827. The van der Waals surface area contributed by atoms with Gasteiger partial charge in [-0.05, 0) is 59.7 Å². The van der Waals surface area contributed by atoms with E-state index in [2.05, 4.69) is 0 Å². The summed E-state index contributed by atoms with van der Waals surface area (Å²) in [5.41, 5.74) is 1.53. The first-order valence-corrected chi connectivity index (χ1v) is 10.1. The highest BCUT2D eigenvalue weighted by atomic mass is 35.5. The fraction of sp³-hybridized carbons (Fsp3) is 0.238. The highest BCUT2D eigenvalue weighted by Crippen LogP contribution is 2.34. The van der Waals surface area contributed by atoms with E-state index in [4.69, 9.17) is 16.3 Å². The van der Waals surface area contributed by atoms with E-state index < -0.39 is 0 Å². The molecule has 2 aromatic rings. The summed E-state index contributed by atoms with van der Waals surface area (Å²) in [5, 5.41) is 0.149. The minimum atomic E-state index is -0.301. The topological polar surface area (TPSA) is 46.6 Å². The molecule has 0 aliphatic carbocycles. The average molecular weight is 420 g/mol. The monoisotopic (exact) mass is 419 g/mol. The summed E-state index contributed by atoms with van der Waals surface area (Å²) in [6, 6.07) is 11.2. The fourth-order valence-electron chi connectivity index (χ4n) is 2.63. The summed E-state index contributed by atoms with van der Waals surface area (Å²) in [7, 11) is 0. The van der Waals surface area contributed by atoms with Gasteiger partial charge in [-0.2, -0.15) is 0 Å². The Morgan fingerprint density at radius 2 is 1.93 bits per heavy atom. The van der Waals surface area contributed by atoms with E-state index in [9.17, 15) is 14.0 Å². The molecule has 28 heavy (non-hydrogen) atoms. The van der Waals surface area contributed by atoms with Gasteiger partial charge in [0.2, 0.25) is 0 Å². The van der Waals surface area contributed by atoms with Crippen LogP contribution < -0.4 is 4.74 Å². The lowest BCUT2D eigenvalue weighted by molar-refractivity contribution is -0.122. The number of hydrogen-bond donors (Lipinski definition) is 0. The van der Waals surface area contributed by atoms with Crippen LogP contribution in [-0.2, 0) is 11.4 Å². The standard InChI is InChI=1S/C21H19ClFNO3S/c1-2-3-10-24-20(25)19(28-21(24)26)12-15-6-9-18(17(22)11-15)27-13-14-4-7-16(23)8-5-14/h4-9,11-12H,2-3,10,13H2,1H3/b19-12-. The zero-order valence-electron chi connectivity index (χ0n) is 15.3. The molecule has 1 saturated heterocycles. The number of hydrogen-bond acceptors (Lipinski definition) is 4. The Hall–Kier alpha value is -2.31. The van der Waals surface area contributed by atoms with Gasteiger partial charge in [-0.25, -0.2) is 4.39 Å². The maximum absolute atomic E-state index is 12.9. The van der Waals surface area contributed by atoms with Crippen molar-refractivity contribution in [3.63, 3.8) is 0 Å². The van der Waals surface area contributed by atoms with E-state index in [1.54, 1.807) is 36.4 Å². The lowest BCUT2D eigenvalue weighted by Gasteiger charge is -2.11. The summed E-state index contributed by atoms with van der Waals surface area (Å²) in [6.45, 7) is 2.71. The van der Waals surface area contributed by atoms with Crippen molar-refractivity contribution < 1.29 is 18.7 Å². The van der Waals surface area contributed by atoms with E-state index in [-0.39, 0.29) is 23.6 Å². The zero-order chi connectivity index (χ0) is 20.1. The number of carbonyl (C=O) groups is 2. The molecule has 146 valence electrons. The van der Waals surface area contributed by atoms with Crippen LogP contribution in [0.1, 0.15) is 30.9 Å². The minimum absolute atomic E-state index is 0.241. The van der Waals surface area contributed by atoms with E-state index in [1.165, 1.54) is 17.0 Å². The summed E-state index contributed by atoms with van der Waals surface area (Å²) in [4.78, 5) is 26.1. The number of benzene rings is 2. The summed E-state index contributed by atoms with van der Waals surface area (Å²) in [6.07, 6.45) is 3.36. The van der Waals surface area contributed by atoms with E-state index >= 15 is 0 Å². The number of amides is 2. The Morgan fingerprint density at radius 1 is 1.18 bits per heavy atom. The first kappa shape index (κ1) is 20.4. The average Bonchev–Trinajstić information content (AvgIpc) is 2.94. The largest absolute Gasteiger partial charge is 0.487 e. The number of unbranched alkanes of at least 4 members (excludes halogenated alkanes) is 1. The van der Waals surface area contributed by atoms with Gasteiger partial charge >= 0.3 is 0 Å². The van der Waals surface area contributed by atoms with E-state index in [0.29, 0.717) is 27.8 Å². The third-order valence-electron chi connectivity index (χ3n) is 4.17. The van der Waals surface area contributed by atoms with Crippen molar-refractivity contribution in [2.24, 2.45) is 0 Å². The number of thioether (sulfide) groups is 1. The molecule has 1 aliphatic heterocycles. The molecule has 1 aliphatic rings. The normalized spacial score (nSPS) is 15.5. The molecule has 0 bridgehead atoms. The molecule has 3 rings (SSSR count). The summed E-state index contributed by atoms with van der Waals surface area (Å²) >= 11 is 7.22. The molecule has 0 N–H and O–H groups in total. The van der Waals surface area contributed by atoms with Gasteiger partial charge < -0.3 is 4.74 Å². The molecule has 0 aromatic heterocycles. The molecular weight excluding hydrogens is 401 g/mol. The molecule has 0 saturated carbocycles. The van der Waals surface area contributed by atoms with Crippen LogP contribution in [0.5, 0.6) is 5.75 Å². The van der Waals surface area contributed by atoms with Gasteiger partial charge in [-0.1, -0.05) is 43.1 Å². The Bertz CT molecular complexity index is 914. The quantitative estimate of drug-likeness (QED) is 0.524. The van der Waals surface area contributed by atoms with Crippen molar-refractivity contribution in [3.8, 4) is 5.75 Å². The lowest BCUT2D eigenvalue weighted by Crippen LogP contribution is -2.29. The highest BCUT2D eigenvalue weighted by molar-refractivity contribution is 8.18. The molecule has 0 spiro atoms. The Balaban J connectivity index is 1.68. The van der Waals surface area contributed by atoms with Crippen molar-refractivity contribution in [1.82, 2.24) is 4.90 Å². The van der Waals surface area contributed by atoms with Crippen LogP contribution in [0.25, 0.3) is 6.08 Å². The van der Waals surface area contributed by atoms with Crippen molar-refractivity contribution in [2.45, 2.75) is 26.4 Å². The molecule has 0 radical (unpaired) electrons. The predicted octanol–water partition coefficient (Wildman–Crippen LogP) is 5.89.